The molecule has 3 rings (SSSR count). The van der Waals surface area contributed by atoms with Gasteiger partial charge in [0.1, 0.15) is 5.69 Å². The maximum Gasteiger partial charge on any atom is 0.272 e. The molecule has 3 heterocycles. The van der Waals surface area contributed by atoms with Crippen LogP contribution < -0.4 is 0 Å². The predicted octanol–water partition coefficient (Wildman–Crippen LogP) is 2.30. The van der Waals surface area contributed by atoms with E-state index in [1.807, 2.05) is 36.2 Å². The summed E-state index contributed by atoms with van der Waals surface area (Å²) in [7, 11) is 0. The van der Waals surface area contributed by atoms with E-state index in [4.69, 9.17) is 0 Å². The fourth-order valence-electron chi connectivity index (χ4n) is 2.97. The standard InChI is InChI=1S/C18H22N4O/c1-14-5-3-7-17(20-14)18(23)22-11-9-21(10-12-22)15(2)16-6-4-8-19-13-16/h3-8,13,15H,9-12H2,1-2H3/t15-/m0/s1. The molecule has 0 aromatic carbocycles. The average Bonchev–Trinajstić information content (AvgIpc) is 2.61. The molecule has 1 fully saturated rings. The molecule has 1 atom stereocenters. The highest BCUT2D eigenvalue weighted by atomic mass is 16.2. The normalized spacial score (nSPS) is 17.0. The maximum atomic E-state index is 12.5. The van der Waals surface area contributed by atoms with Crippen LogP contribution in [0.1, 0.15) is 34.7 Å². The Balaban J connectivity index is 1.61. The fourth-order valence-corrected chi connectivity index (χ4v) is 2.97. The minimum absolute atomic E-state index is 0.0300. The monoisotopic (exact) mass is 310 g/mol. The lowest BCUT2D eigenvalue weighted by atomic mass is 10.1. The highest BCUT2D eigenvalue weighted by Gasteiger charge is 2.25. The number of aromatic nitrogens is 2. The molecule has 23 heavy (non-hydrogen) atoms. The second kappa shape index (κ2) is 6.87. The number of rotatable bonds is 3. The molecule has 0 bridgehead atoms. The molecule has 0 aliphatic carbocycles. The Morgan fingerprint density at radius 1 is 1.13 bits per heavy atom. The van der Waals surface area contributed by atoms with Gasteiger partial charge in [-0.1, -0.05) is 12.1 Å². The summed E-state index contributed by atoms with van der Waals surface area (Å²) in [5.74, 6) is 0.0300. The summed E-state index contributed by atoms with van der Waals surface area (Å²) in [6.07, 6.45) is 3.71. The molecule has 0 unspecified atom stereocenters. The summed E-state index contributed by atoms with van der Waals surface area (Å²) >= 11 is 0. The number of carbonyl (C=O) groups excluding carboxylic acids is 1. The topological polar surface area (TPSA) is 49.3 Å². The summed E-state index contributed by atoms with van der Waals surface area (Å²) in [4.78, 5) is 25.4. The molecule has 2 aromatic heterocycles. The molecule has 1 saturated heterocycles. The number of aryl methyl sites for hydroxylation is 1. The lowest BCUT2D eigenvalue weighted by molar-refractivity contribution is 0.0576. The van der Waals surface area contributed by atoms with Crippen molar-refractivity contribution in [3.05, 3.63) is 59.7 Å². The van der Waals surface area contributed by atoms with Crippen LogP contribution in [0.4, 0.5) is 0 Å². The van der Waals surface area contributed by atoms with Crippen LogP contribution in [0.25, 0.3) is 0 Å². The molecule has 5 nitrogen and oxygen atoms in total. The van der Waals surface area contributed by atoms with Crippen LogP contribution in [0.2, 0.25) is 0 Å². The quantitative estimate of drug-likeness (QED) is 0.873. The number of hydrogen-bond donors (Lipinski definition) is 0. The third-order valence-corrected chi connectivity index (χ3v) is 4.42. The molecule has 5 heteroatoms. The van der Waals surface area contributed by atoms with Gasteiger partial charge in [-0.3, -0.25) is 14.7 Å². The number of piperazine rings is 1. The van der Waals surface area contributed by atoms with Gasteiger partial charge < -0.3 is 4.90 Å². The van der Waals surface area contributed by atoms with Crippen molar-refractivity contribution < 1.29 is 4.79 Å². The Morgan fingerprint density at radius 2 is 1.91 bits per heavy atom. The second-order valence-corrected chi connectivity index (χ2v) is 5.95. The molecule has 2 aromatic rings. The molecule has 120 valence electrons. The number of carbonyl (C=O) groups is 1. The molecule has 1 aliphatic heterocycles. The Labute approximate surface area is 137 Å². The van der Waals surface area contributed by atoms with Gasteiger partial charge in [0.15, 0.2) is 0 Å². The molecule has 0 N–H and O–H groups in total. The minimum atomic E-state index is 0.0300. The first-order valence-electron chi connectivity index (χ1n) is 8.02. The van der Waals surface area contributed by atoms with E-state index in [0.29, 0.717) is 11.7 Å². The highest BCUT2D eigenvalue weighted by Crippen LogP contribution is 2.21. The average molecular weight is 310 g/mol. The van der Waals surface area contributed by atoms with E-state index >= 15 is 0 Å². The number of pyridine rings is 2. The van der Waals surface area contributed by atoms with E-state index in [0.717, 1.165) is 31.9 Å². The largest absolute Gasteiger partial charge is 0.335 e. The van der Waals surface area contributed by atoms with Gasteiger partial charge in [0, 0.05) is 50.3 Å². The lowest BCUT2D eigenvalue weighted by Gasteiger charge is -2.38. The minimum Gasteiger partial charge on any atom is -0.335 e. The Morgan fingerprint density at radius 3 is 2.57 bits per heavy atom. The van der Waals surface area contributed by atoms with Crippen molar-refractivity contribution in [2.75, 3.05) is 26.2 Å². The Hall–Kier alpha value is -2.27. The van der Waals surface area contributed by atoms with Gasteiger partial charge in [0.25, 0.3) is 5.91 Å². The SMILES string of the molecule is Cc1cccc(C(=O)N2CCN([C@@H](C)c3cccnc3)CC2)n1. The third-order valence-electron chi connectivity index (χ3n) is 4.42. The number of amides is 1. The van der Waals surface area contributed by atoms with E-state index in [-0.39, 0.29) is 5.91 Å². The van der Waals surface area contributed by atoms with Gasteiger partial charge in [-0.15, -0.1) is 0 Å². The van der Waals surface area contributed by atoms with Crippen LogP contribution in [0.5, 0.6) is 0 Å². The van der Waals surface area contributed by atoms with E-state index in [9.17, 15) is 4.79 Å². The molecule has 0 radical (unpaired) electrons. The maximum absolute atomic E-state index is 12.5. The van der Waals surface area contributed by atoms with Gasteiger partial charge >= 0.3 is 0 Å². The van der Waals surface area contributed by atoms with Crippen LogP contribution >= 0.6 is 0 Å². The zero-order valence-electron chi connectivity index (χ0n) is 13.6. The van der Waals surface area contributed by atoms with Gasteiger partial charge in [0.2, 0.25) is 0 Å². The van der Waals surface area contributed by atoms with Crippen molar-refractivity contribution >= 4 is 5.91 Å². The number of hydrogen-bond acceptors (Lipinski definition) is 4. The van der Waals surface area contributed by atoms with Crippen molar-refractivity contribution in [3.8, 4) is 0 Å². The molecular formula is C18H22N4O. The van der Waals surface area contributed by atoms with Crippen molar-refractivity contribution in [1.29, 1.82) is 0 Å². The van der Waals surface area contributed by atoms with E-state index < -0.39 is 0 Å². The Kier molecular flexibility index (Phi) is 4.67. The predicted molar refractivity (Wildman–Crippen MR) is 89.1 cm³/mol. The Bertz CT molecular complexity index is 666. The van der Waals surface area contributed by atoms with Crippen molar-refractivity contribution in [2.24, 2.45) is 0 Å². The fraction of sp³-hybridized carbons (Fsp3) is 0.389. The van der Waals surface area contributed by atoms with E-state index in [2.05, 4.69) is 27.9 Å². The van der Waals surface area contributed by atoms with Crippen LogP contribution in [0.3, 0.4) is 0 Å². The third kappa shape index (κ3) is 3.56. The van der Waals surface area contributed by atoms with Gasteiger partial charge in [-0.05, 0) is 37.6 Å². The summed E-state index contributed by atoms with van der Waals surface area (Å²) in [6.45, 7) is 7.31. The van der Waals surface area contributed by atoms with E-state index in [1.54, 1.807) is 12.3 Å². The van der Waals surface area contributed by atoms with Crippen LogP contribution in [0.15, 0.2) is 42.7 Å². The molecule has 1 amide bonds. The van der Waals surface area contributed by atoms with Crippen LogP contribution in [-0.4, -0.2) is 51.9 Å². The zero-order chi connectivity index (χ0) is 16.2. The van der Waals surface area contributed by atoms with Gasteiger partial charge in [0.05, 0.1) is 0 Å². The summed E-state index contributed by atoms with van der Waals surface area (Å²) < 4.78 is 0. The molecule has 0 spiro atoms. The first kappa shape index (κ1) is 15.6. The van der Waals surface area contributed by atoms with Crippen molar-refractivity contribution in [1.82, 2.24) is 19.8 Å². The lowest BCUT2D eigenvalue weighted by Crippen LogP contribution is -2.49. The van der Waals surface area contributed by atoms with E-state index in [1.165, 1.54) is 5.56 Å². The van der Waals surface area contributed by atoms with Gasteiger partial charge in [-0.2, -0.15) is 0 Å². The van der Waals surface area contributed by atoms with Crippen LogP contribution in [0, 0.1) is 6.92 Å². The van der Waals surface area contributed by atoms with Crippen LogP contribution in [-0.2, 0) is 0 Å². The van der Waals surface area contributed by atoms with Crippen molar-refractivity contribution in [2.45, 2.75) is 19.9 Å². The highest BCUT2D eigenvalue weighted by molar-refractivity contribution is 5.92. The smallest absolute Gasteiger partial charge is 0.272 e. The summed E-state index contributed by atoms with van der Waals surface area (Å²) in [6, 6.07) is 9.97. The zero-order valence-corrected chi connectivity index (χ0v) is 13.6. The number of nitrogens with zero attached hydrogens (tertiary/aromatic N) is 4. The first-order chi connectivity index (χ1) is 11.1. The molecule has 0 saturated carbocycles. The second-order valence-electron chi connectivity index (χ2n) is 5.95. The van der Waals surface area contributed by atoms with Gasteiger partial charge in [-0.25, -0.2) is 4.98 Å². The summed E-state index contributed by atoms with van der Waals surface area (Å²) in [5.41, 5.74) is 2.63. The molecular weight excluding hydrogens is 288 g/mol. The first-order valence-corrected chi connectivity index (χ1v) is 8.02. The molecule has 1 aliphatic rings. The van der Waals surface area contributed by atoms with Crippen molar-refractivity contribution in [3.63, 3.8) is 0 Å². The summed E-state index contributed by atoms with van der Waals surface area (Å²) in [5, 5.41) is 0.